The second-order valence-electron chi connectivity index (χ2n) is 6.90. The molecular weight excluding hydrogens is 375 g/mol. The molecule has 8 heteroatoms. The topological polar surface area (TPSA) is 84.3 Å². The van der Waals surface area contributed by atoms with E-state index in [4.69, 9.17) is 0 Å². The molecule has 2 heterocycles. The van der Waals surface area contributed by atoms with Gasteiger partial charge in [0.25, 0.3) is 5.56 Å². The number of amides is 2. The van der Waals surface area contributed by atoms with E-state index >= 15 is 0 Å². The summed E-state index contributed by atoms with van der Waals surface area (Å²) in [5, 5.41) is 3.08. The van der Waals surface area contributed by atoms with Crippen LogP contribution in [0.15, 0.2) is 53.6 Å². The highest BCUT2D eigenvalue weighted by molar-refractivity contribution is 5.96. The molecule has 2 amide bonds. The molecule has 148 valence electrons. The summed E-state index contributed by atoms with van der Waals surface area (Å²) in [5.41, 5.74) is 1.40. The maximum Gasteiger partial charge on any atom is 0.261 e. The molecule has 2 aromatic carbocycles. The fourth-order valence-electron chi connectivity index (χ4n) is 3.38. The first-order chi connectivity index (χ1) is 14.0. The van der Waals surface area contributed by atoms with Gasteiger partial charge in [-0.1, -0.05) is 0 Å². The Labute approximate surface area is 165 Å². The van der Waals surface area contributed by atoms with Crippen molar-refractivity contribution < 1.29 is 14.0 Å². The normalized spacial score (nSPS) is 13.8. The van der Waals surface area contributed by atoms with E-state index in [9.17, 15) is 18.8 Å². The second kappa shape index (κ2) is 7.83. The van der Waals surface area contributed by atoms with E-state index in [-0.39, 0.29) is 35.9 Å². The van der Waals surface area contributed by atoms with E-state index in [1.165, 1.54) is 29.1 Å². The highest BCUT2D eigenvalue weighted by atomic mass is 19.1. The van der Waals surface area contributed by atoms with Gasteiger partial charge in [-0.05, 0) is 42.8 Å². The zero-order chi connectivity index (χ0) is 20.4. The first-order valence-electron chi connectivity index (χ1n) is 9.36. The van der Waals surface area contributed by atoms with Crippen molar-refractivity contribution in [1.29, 1.82) is 0 Å². The van der Waals surface area contributed by atoms with E-state index in [1.54, 1.807) is 29.2 Å². The average molecular weight is 394 g/mol. The van der Waals surface area contributed by atoms with Crippen LogP contribution in [-0.4, -0.2) is 27.9 Å². The fraction of sp³-hybridized carbons (Fsp3) is 0.238. The molecule has 7 nitrogen and oxygen atoms in total. The van der Waals surface area contributed by atoms with E-state index in [0.717, 1.165) is 12.1 Å². The third-order valence-corrected chi connectivity index (χ3v) is 4.90. The molecule has 1 aliphatic rings. The number of carbonyl (C=O) groups excluding carboxylic acids is 2. The van der Waals surface area contributed by atoms with Crippen LogP contribution in [0.1, 0.15) is 19.3 Å². The largest absolute Gasteiger partial charge is 0.326 e. The molecule has 0 bridgehead atoms. The van der Waals surface area contributed by atoms with Gasteiger partial charge in [0, 0.05) is 43.4 Å². The molecule has 0 radical (unpaired) electrons. The Morgan fingerprint density at radius 2 is 1.93 bits per heavy atom. The molecule has 1 fully saturated rings. The van der Waals surface area contributed by atoms with Crippen molar-refractivity contribution in [2.45, 2.75) is 25.8 Å². The Morgan fingerprint density at radius 3 is 2.66 bits per heavy atom. The van der Waals surface area contributed by atoms with Gasteiger partial charge in [0.2, 0.25) is 11.8 Å². The van der Waals surface area contributed by atoms with Crippen LogP contribution in [0.25, 0.3) is 10.9 Å². The Kier molecular flexibility index (Phi) is 5.07. The molecule has 0 aliphatic carbocycles. The van der Waals surface area contributed by atoms with Crippen LogP contribution in [-0.2, 0) is 16.1 Å². The number of nitrogens with zero attached hydrogens (tertiary/aromatic N) is 3. The number of hydrogen-bond acceptors (Lipinski definition) is 4. The molecule has 1 N–H and O–H groups in total. The number of fused-ring (bicyclic) bond motifs is 1. The summed E-state index contributed by atoms with van der Waals surface area (Å²) in [6.45, 7) is 0.872. The van der Waals surface area contributed by atoms with Crippen molar-refractivity contribution >= 4 is 34.1 Å². The van der Waals surface area contributed by atoms with Gasteiger partial charge in [0.15, 0.2) is 0 Å². The molecule has 0 spiro atoms. The van der Waals surface area contributed by atoms with Gasteiger partial charge < -0.3 is 10.2 Å². The zero-order valence-corrected chi connectivity index (χ0v) is 15.6. The Balaban J connectivity index is 1.38. The minimum atomic E-state index is -0.457. The predicted molar refractivity (Wildman–Crippen MR) is 107 cm³/mol. The Hall–Kier alpha value is -3.55. The van der Waals surface area contributed by atoms with Gasteiger partial charge in [-0.25, -0.2) is 9.37 Å². The van der Waals surface area contributed by atoms with Crippen LogP contribution in [0.4, 0.5) is 15.8 Å². The second-order valence-corrected chi connectivity index (χ2v) is 6.90. The van der Waals surface area contributed by atoms with Crippen LogP contribution in [0.5, 0.6) is 0 Å². The van der Waals surface area contributed by atoms with E-state index in [1.807, 2.05) is 0 Å². The molecule has 0 unspecified atom stereocenters. The third kappa shape index (κ3) is 4.01. The molecule has 1 saturated heterocycles. The number of rotatable bonds is 5. The van der Waals surface area contributed by atoms with Crippen molar-refractivity contribution in [3.8, 4) is 0 Å². The average Bonchev–Trinajstić information content (AvgIpc) is 3.14. The molecule has 4 rings (SSSR count). The lowest BCUT2D eigenvalue weighted by Crippen LogP contribution is -2.24. The van der Waals surface area contributed by atoms with Gasteiger partial charge in [-0.2, -0.15) is 0 Å². The molecule has 1 aromatic heterocycles. The first-order valence-corrected chi connectivity index (χ1v) is 9.36. The van der Waals surface area contributed by atoms with Gasteiger partial charge in [0.1, 0.15) is 5.82 Å². The summed E-state index contributed by atoms with van der Waals surface area (Å²) in [7, 11) is 0. The standard InChI is InChI=1S/C21H19FN4O3/c22-14-3-8-17-18(12-14)23-13-25(21(17)29)11-9-19(27)24-15-4-6-16(7-5-15)26-10-1-2-20(26)28/h3-8,12-13H,1-2,9-11H2,(H,24,27). The minimum Gasteiger partial charge on any atom is -0.326 e. The molecule has 1 aliphatic heterocycles. The number of hydrogen-bond donors (Lipinski definition) is 1. The highest BCUT2D eigenvalue weighted by Gasteiger charge is 2.21. The summed E-state index contributed by atoms with van der Waals surface area (Å²) in [4.78, 5) is 42.3. The highest BCUT2D eigenvalue weighted by Crippen LogP contribution is 2.23. The van der Waals surface area contributed by atoms with Gasteiger partial charge in [-0.3, -0.25) is 19.0 Å². The van der Waals surface area contributed by atoms with Gasteiger partial charge in [-0.15, -0.1) is 0 Å². The summed E-state index contributed by atoms with van der Waals surface area (Å²) in [6.07, 6.45) is 2.82. The van der Waals surface area contributed by atoms with E-state index < -0.39 is 5.82 Å². The molecule has 3 aromatic rings. The maximum atomic E-state index is 13.2. The van der Waals surface area contributed by atoms with Crippen LogP contribution < -0.4 is 15.8 Å². The number of benzene rings is 2. The van der Waals surface area contributed by atoms with Crippen LogP contribution in [0.2, 0.25) is 0 Å². The molecular formula is C21H19FN4O3. The quantitative estimate of drug-likeness (QED) is 0.721. The van der Waals surface area contributed by atoms with Crippen molar-refractivity contribution in [2.75, 3.05) is 16.8 Å². The Bertz CT molecular complexity index is 1140. The third-order valence-electron chi connectivity index (χ3n) is 4.90. The lowest BCUT2D eigenvalue weighted by molar-refractivity contribution is -0.117. The molecule has 29 heavy (non-hydrogen) atoms. The van der Waals surface area contributed by atoms with Crippen molar-refractivity contribution in [2.24, 2.45) is 0 Å². The molecule has 0 saturated carbocycles. The summed E-state index contributed by atoms with van der Waals surface area (Å²) in [5.74, 6) is -0.596. The van der Waals surface area contributed by atoms with Gasteiger partial charge >= 0.3 is 0 Å². The zero-order valence-electron chi connectivity index (χ0n) is 15.6. The number of aryl methyl sites for hydroxylation is 1. The molecule has 0 atom stereocenters. The fourth-order valence-corrected chi connectivity index (χ4v) is 3.38. The van der Waals surface area contributed by atoms with E-state index in [2.05, 4.69) is 10.3 Å². The number of aromatic nitrogens is 2. The van der Waals surface area contributed by atoms with Crippen molar-refractivity contribution in [3.63, 3.8) is 0 Å². The first kappa shape index (κ1) is 18.8. The summed E-state index contributed by atoms with van der Waals surface area (Å²) in [6, 6.07) is 10.9. The number of carbonyl (C=O) groups is 2. The van der Waals surface area contributed by atoms with Crippen LogP contribution in [0.3, 0.4) is 0 Å². The summed E-state index contributed by atoms with van der Waals surface area (Å²) >= 11 is 0. The lowest BCUT2D eigenvalue weighted by atomic mass is 10.2. The lowest BCUT2D eigenvalue weighted by Gasteiger charge is -2.16. The predicted octanol–water partition coefficient (Wildman–Crippen LogP) is 2.69. The van der Waals surface area contributed by atoms with Crippen molar-refractivity contribution in [1.82, 2.24) is 9.55 Å². The summed E-state index contributed by atoms with van der Waals surface area (Å²) < 4.78 is 14.6. The number of halogens is 1. The number of nitrogens with one attached hydrogen (secondary N) is 1. The smallest absolute Gasteiger partial charge is 0.261 e. The monoisotopic (exact) mass is 394 g/mol. The Morgan fingerprint density at radius 1 is 1.14 bits per heavy atom. The van der Waals surface area contributed by atoms with Crippen LogP contribution in [0, 0.1) is 5.82 Å². The van der Waals surface area contributed by atoms with Gasteiger partial charge in [0.05, 0.1) is 17.2 Å². The van der Waals surface area contributed by atoms with Crippen molar-refractivity contribution in [3.05, 3.63) is 65.0 Å². The number of anilines is 2. The SMILES string of the molecule is O=C(CCn1cnc2cc(F)ccc2c1=O)Nc1ccc(N2CCCC2=O)cc1. The van der Waals surface area contributed by atoms with E-state index in [0.29, 0.717) is 24.0 Å². The minimum absolute atomic E-state index is 0.0840. The van der Waals surface area contributed by atoms with Crippen LogP contribution >= 0.6 is 0 Å². The maximum absolute atomic E-state index is 13.2.